The lowest BCUT2D eigenvalue weighted by Crippen LogP contribution is -2.47. The maximum Gasteiger partial charge on any atom is 0.308 e. The summed E-state index contributed by atoms with van der Waals surface area (Å²) in [4.78, 5) is 20.9. The number of aliphatic imine (C=N–C) groups is 1. The number of rotatable bonds is 5. The number of methoxy groups -OCH3 is 1. The molecule has 2 rings (SSSR count). The highest BCUT2D eigenvalue weighted by Gasteiger charge is 2.27. The molecule has 2 heterocycles. The Bertz CT molecular complexity index is 443. The van der Waals surface area contributed by atoms with Crippen molar-refractivity contribution in [2.75, 3.05) is 53.4 Å². The summed E-state index contributed by atoms with van der Waals surface area (Å²) in [6.45, 7) is 11.0. The number of ether oxygens (including phenoxy) is 1. The number of carbonyl (C=O) groups excluding carboxylic acids is 1. The van der Waals surface area contributed by atoms with Crippen LogP contribution < -0.4 is 5.32 Å². The second kappa shape index (κ2) is 12.0. The second-order valence-corrected chi connectivity index (χ2v) is 7.82. The van der Waals surface area contributed by atoms with Crippen LogP contribution in [0.5, 0.6) is 0 Å². The molecule has 0 bridgehead atoms. The average molecular weight is 480 g/mol. The number of likely N-dealkylation sites (tertiary alicyclic amines) is 2. The van der Waals surface area contributed by atoms with Gasteiger partial charge in [-0.05, 0) is 44.1 Å². The van der Waals surface area contributed by atoms with Crippen molar-refractivity contribution in [3.63, 3.8) is 0 Å². The van der Waals surface area contributed by atoms with Crippen LogP contribution in [0.4, 0.5) is 0 Å². The number of hydrogen-bond acceptors (Lipinski definition) is 4. The first-order valence-corrected chi connectivity index (χ1v) is 9.79. The maximum atomic E-state index is 11.6. The summed E-state index contributed by atoms with van der Waals surface area (Å²) in [7, 11) is 3.31. The third-order valence-electron chi connectivity index (χ3n) is 5.42. The second-order valence-electron chi connectivity index (χ2n) is 7.82. The van der Waals surface area contributed by atoms with Crippen LogP contribution in [0, 0.1) is 17.8 Å². The van der Waals surface area contributed by atoms with E-state index in [2.05, 4.69) is 34.0 Å². The number of nitrogens with one attached hydrogen (secondary N) is 1. The van der Waals surface area contributed by atoms with Crippen molar-refractivity contribution in [2.24, 2.45) is 22.7 Å². The molecule has 2 fully saturated rings. The number of hydrogen-bond donors (Lipinski definition) is 1. The smallest absolute Gasteiger partial charge is 0.308 e. The van der Waals surface area contributed by atoms with E-state index in [0.717, 1.165) is 63.2 Å². The third-order valence-corrected chi connectivity index (χ3v) is 5.42. The van der Waals surface area contributed by atoms with Crippen molar-refractivity contribution in [1.82, 2.24) is 15.1 Å². The fourth-order valence-electron chi connectivity index (χ4n) is 4.30. The van der Waals surface area contributed by atoms with Crippen LogP contribution in [0.2, 0.25) is 0 Å². The lowest BCUT2D eigenvalue weighted by Gasteiger charge is -2.35. The summed E-state index contributed by atoms with van der Waals surface area (Å²) >= 11 is 0. The largest absolute Gasteiger partial charge is 0.469 e. The Balaban J connectivity index is 0.00000338. The maximum absolute atomic E-state index is 11.6. The summed E-state index contributed by atoms with van der Waals surface area (Å²) in [5.74, 6) is 2.57. The molecule has 6 nitrogen and oxygen atoms in total. The summed E-state index contributed by atoms with van der Waals surface area (Å²) < 4.78 is 4.86. The Morgan fingerprint density at radius 1 is 1.19 bits per heavy atom. The van der Waals surface area contributed by atoms with Gasteiger partial charge in [-0.1, -0.05) is 13.8 Å². The van der Waals surface area contributed by atoms with E-state index in [1.165, 1.54) is 26.6 Å². The molecule has 2 saturated heterocycles. The molecule has 2 unspecified atom stereocenters. The Hall–Kier alpha value is -0.570. The average Bonchev–Trinajstić information content (AvgIpc) is 2.60. The molecule has 152 valence electrons. The van der Waals surface area contributed by atoms with Crippen LogP contribution in [0.15, 0.2) is 4.99 Å². The molecular weight excluding hydrogens is 443 g/mol. The lowest BCUT2D eigenvalue weighted by molar-refractivity contribution is -0.146. The predicted molar refractivity (Wildman–Crippen MR) is 117 cm³/mol. The molecule has 0 saturated carbocycles. The summed E-state index contributed by atoms with van der Waals surface area (Å²) in [6.07, 6.45) is 4.19. The Kier molecular flexibility index (Phi) is 10.8. The molecule has 0 aromatic carbocycles. The van der Waals surface area contributed by atoms with E-state index in [4.69, 9.17) is 4.74 Å². The lowest BCUT2D eigenvalue weighted by atomic mass is 9.92. The van der Waals surface area contributed by atoms with Gasteiger partial charge in [0.2, 0.25) is 0 Å². The highest BCUT2D eigenvalue weighted by molar-refractivity contribution is 14.0. The van der Waals surface area contributed by atoms with Crippen molar-refractivity contribution in [3.05, 3.63) is 0 Å². The first kappa shape index (κ1) is 23.5. The van der Waals surface area contributed by atoms with Crippen LogP contribution in [-0.4, -0.2) is 75.2 Å². The molecule has 0 aromatic rings. The van der Waals surface area contributed by atoms with E-state index in [0.29, 0.717) is 0 Å². The highest BCUT2D eigenvalue weighted by atomic mass is 127. The molecule has 0 aliphatic carbocycles. The van der Waals surface area contributed by atoms with Crippen LogP contribution in [0.25, 0.3) is 0 Å². The van der Waals surface area contributed by atoms with Crippen LogP contribution >= 0.6 is 24.0 Å². The van der Waals surface area contributed by atoms with Gasteiger partial charge in [0, 0.05) is 39.8 Å². The zero-order valence-corrected chi connectivity index (χ0v) is 19.2. The van der Waals surface area contributed by atoms with E-state index < -0.39 is 0 Å². The molecule has 2 atom stereocenters. The van der Waals surface area contributed by atoms with Crippen molar-refractivity contribution in [1.29, 1.82) is 0 Å². The number of carbonyl (C=O) groups is 1. The van der Waals surface area contributed by atoms with Crippen LogP contribution in [0.3, 0.4) is 0 Å². The van der Waals surface area contributed by atoms with Crippen LogP contribution in [0.1, 0.15) is 39.5 Å². The molecule has 0 radical (unpaired) electrons. The van der Waals surface area contributed by atoms with E-state index in [1.54, 1.807) is 0 Å². The van der Waals surface area contributed by atoms with E-state index in [-0.39, 0.29) is 35.9 Å². The number of guanidine groups is 1. The minimum atomic E-state index is -0.0763. The van der Waals surface area contributed by atoms with Gasteiger partial charge in [0.05, 0.1) is 13.0 Å². The quantitative estimate of drug-likeness (QED) is 0.216. The van der Waals surface area contributed by atoms with Gasteiger partial charge in [-0.2, -0.15) is 0 Å². The van der Waals surface area contributed by atoms with Crippen molar-refractivity contribution in [3.8, 4) is 0 Å². The summed E-state index contributed by atoms with van der Waals surface area (Å²) in [6, 6.07) is 0. The predicted octanol–water partition coefficient (Wildman–Crippen LogP) is 2.43. The van der Waals surface area contributed by atoms with Gasteiger partial charge >= 0.3 is 5.97 Å². The number of nitrogens with zero attached hydrogens (tertiary/aromatic N) is 3. The van der Waals surface area contributed by atoms with Crippen molar-refractivity contribution in [2.45, 2.75) is 39.5 Å². The van der Waals surface area contributed by atoms with Gasteiger partial charge in [-0.25, -0.2) is 0 Å². The summed E-state index contributed by atoms with van der Waals surface area (Å²) in [5.41, 5.74) is 0. The van der Waals surface area contributed by atoms with Crippen LogP contribution in [-0.2, 0) is 9.53 Å². The molecule has 0 aromatic heterocycles. The minimum Gasteiger partial charge on any atom is -0.469 e. The van der Waals surface area contributed by atoms with Gasteiger partial charge < -0.3 is 19.9 Å². The van der Waals surface area contributed by atoms with Gasteiger partial charge in [0.15, 0.2) is 5.96 Å². The summed E-state index contributed by atoms with van der Waals surface area (Å²) in [5, 5.41) is 3.49. The molecule has 1 N–H and O–H groups in total. The fraction of sp³-hybridized carbons (Fsp3) is 0.895. The Morgan fingerprint density at radius 2 is 1.81 bits per heavy atom. The molecule has 0 spiro atoms. The number of piperidine rings is 2. The molecule has 26 heavy (non-hydrogen) atoms. The molecule has 7 heteroatoms. The zero-order chi connectivity index (χ0) is 18.2. The SMILES string of the molecule is CN=C(NCCCN1CC(C)CC(C)C1)N1CCC(C(=O)OC)CC1.I. The monoisotopic (exact) mass is 480 g/mol. The zero-order valence-electron chi connectivity index (χ0n) is 16.9. The standard InChI is InChI=1S/C19H36N4O2.HI/c1-15-12-16(2)14-22(13-15)9-5-8-21-19(20-3)23-10-6-17(7-11-23)18(24)25-4;/h15-17H,5-14H2,1-4H3,(H,20,21);1H. The molecular formula is C19H37IN4O2. The minimum absolute atomic E-state index is 0. The van der Waals surface area contributed by atoms with E-state index in [1.807, 2.05) is 7.05 Å². The van der Waals surface area contributed by atoms with Crippen molar-refractivity contribution < 1.29 is 9.53 Å². The number of halogens is 1. The first-order chi connectivity index (χ1) is 12.0. The molecule has 2 aliphatic rings. The Labute approximate surface area is 176 Å². The molecule has 0 amide bonds. The van der Waals surface area contributed by atoms with Gasteiger partial charge in [-0.3, -0.25) is 9.79 Å². The van der Waals surface area contributed by atoms with Crippen molar-refractivity contribution >= 4 is 35.9 Å². The van der Waals surface area contributed by atoms with E-state index >= 15 is 0 Å². The Morgan fingerprint density at radius 3 is 2.35 bits per heavy atom. The first-order valence-electron chi connectivity index (χ1n) is 9.79. The third kappa shape index (κ3) is 7.21. The normalized spacial score (nSPS) is 25.5. The number of esters is 1. The molecule has 2 aliphatic heterocycles. The fourth-order valence-corrected chi connectivity index (χ4v) is 4.30. The van der Waals surface area contributed by atoms with Gasteiger partial charge in [0.25, 0.3) is 0 Å². The highest BCUT2D eigenvalue weighted by Crippen LogP contribution is 2.21. The van der Waals surface area contributed by atoms with Gasteiger partial charge in [-0.15, -0.1) is 24.0 Å². The van der Waals surface area contributed by atoms with E-state index in [9.17, 15) is 4.79 Å². The topological polar surface area (TPSA) is 57.2 Å². The van der Waals surface area contributed by atoms with Gasteiger partial charge in [0.1, 0.15) is 0 Å².